The van der Waals surface area contributed by atoms with Crippen molar-refractivity contribution in [1.29, 1.82) is 0 Å². The van der Waals surface area contributed by atoms with Crippen LogP contribution in [0, 0.1) is 0 Å². The molecule has 0 saturated carbocycles. The van der Waals surface area contributed by atoms with Gasteiger partial charge in [-0.05, 0) is 30.8 Å². The van der Waals surface area contributed by atoms with E-state index in [9.17, 15) is 0 Å². The van der Waals surface area contributed by atoms with Crippen LogP contribution in [0.1, 0.15) is 31.0 Å². The maximum Gasteiger partial charge on any atom is 0.124 e. The maximum atomic E-state index is 4.74. The first-order valence-corrected chi connectivity index (χ1v) is 7.47. The van der Waals surface area contributed by atoms with Crippen molar-refractivity contribution >= 4 is 22.7 Å². The van der Waals surface area contributed by atoms with Gasteiger partial charge in [-0.15, -0.1) is 11.3 Å². The molecule has 84 valence electrons. The molecule has 0 spiro atoms. The standard InChI is InChI=1S/C12H14N2S2/c1-2-5-13-10(3-1)11-8-16-12(14-11)9-4-6-15-7-9/h4,6-8,10,13H,1-3,5H2. The lowest BCUT2D eigenvalue weighted by atomic mass is 10.0. The number of rotatable bonds is 2. The van der Waals surface area contributed by atoms with Gasteiger partial charge in [0, 0.05) is 16.3 Å². The molecule has 1 N–H and O–H groups in total. The fraction of sp³-hybridized carbons (Fsp3) is 0.417. The Bertz CT molecular complexity index is 441. The molecule has 0 radical (unpaired) electrons. The summed E-state index contributed by atoms with van der Waals surface area (Å²) in [6.07, 6.45) is 3.85. The molecule has 2 aromatic rings. The molecule has 1 unspecified atom stereocenters. The van der Waals surface area contributed by atoms with Gasteiger partial charge in [0.2, 0.25) is 0 Å². The molecule has 2 nitrogen and oxygen atoms in total. The summed E-state index contributed by atoms with van der Waals surface area (Å²) < 4.78 is 0. The summed E-state index contributed by atoms with van der Waals surface area (Å²) in [5, 5.41) is 11.2. The average molecular weight is 250 g/mol. The van der Waals surface area contributed by atoms with E-state index in [1.165, 1.54) is 30.5 Å². The van der Waals surface area contributed by atoms with Crippen molar-refractivity contribution in [3.8, 4) is 10.6 Å². The van der Waals surface area contributed by atoms with Crippen molar-refractivity contribution in [2.75, 3.05) is 6.54 Å². The van der Waals surface area contributed by atoms with Crippen LogP contribution in [0.4, 0.5) is 0 Å². The normalized spacial score (nSPS) is 21.1. The monoisotopic (exact) mass is 250 g/mol. The minimum Gasteiger partial charge on any atom is -0.309 e. The number of nitrogens with one attached hydrogen (secondary N) is 1. The molecular weight excluding hydrogens is 236 g/mol. The predicted octanol–water partition coefficient (Wildman–Crippen LogP) is 3.69. The van der Waals surface area contributed by atoms with E-state index in [0.717, 1.165) is 11.6 Å². The van der Waals surface area contributed by atoms with Gasteiger partial charge in [-0.25, -0.2) is 4.98 Å². The van der Waals surface area contributed by atoms with Crippen molar-refractivity contribution in [2.24, 2.45) is 0 Å². The number of thiazole rings is 1. The minimum absolute atomic E-state index is 0.484. The van der Waals surface area contributed by atoms with Gasteiger partial charge in [-0.1, -0.05) is 6.42 Å². The third kappa shape index (κ3) is 2.05. The van der Waals surface area contributed by atoms with Gasteiger partial charge in [0.15, 0.2) is 0 Å². The molecule has 0 amide bonds. The number of aromatic nitrogens is 1. The third-order valence-corrected chi connectivity index (χ3v) is 4.55. The molecule has 2 aromatic heterocycles. The van der Waals surface area contributed by atoms with Crippen LogP contribution in [0.2, 0.25) is 0 Å². The summed E-state index contributed by atoms with van der Waals surface area (Å²) >= 11 is 3.49. The lowest BCUT2D eigenvalue weighted by Gasteiger charge is -2.21. The molecule has 3 heterocycles. The Morgan fingerprint density at radius 1 is 1.31 bits per heavy atom. The molecule has 16 heavy (non-hydrogen) atoms. The van der Waals surface area contributed by atoms with E-state index in [4.69, 9.17) is 4.98 Å². The van der Waals surface area contributed by atoms with Gasteiger partial charge in [0.1, 0.15) is 5.01 Å². The van der Waals surface area contributed by atoms with Crippen LogP contribution in [0.25, 0.3) is 10.6 Å². The first-order chi connectivity index (χ1) is 7.93. The number of hydrogen-bond acceptors (Lipinski definition) is 4. The molecule has 1 aliphatic heterocycles. The maximum absolute atomic E-state index is 4.74. The zero-order chi connectivity index (χ0) is 10.8. The highest BCUT2D eigenvalue weighted by Gasteiger charge is 2.17. The number of thiophene rings is 1. The van der Waals surface area contributed by atoms with Crippen LogP contribution >= 0.6 is 22.7 Å². The third-order valence-electron chi connectivity index (χ3n) is 2.96. The Labute approximate surface area is 103 Å². The van der Waals surface area contributed by atoms with Crippen molar-refractivity contribution in [3.63, 3.8) is 0 Å². The van der Waals surface area contributed by atoms with Gasteiger partial charge < -0.3 is 5.32 Å². The van der Waals surface area contributed by atoms with Crippen molar-refractivity contribution in [3.05, 3.63) is 27.9 Å². The highest BCUT2D eigenvalue weighted by Crippen LogP contribution is 2.30. The number of nitrogens with zero attached hydrogens (tertiary/aromatic N) is 1. The summed E-state index contributed by atoms with van der Waals surface area (Å²) in [6, 6.07) is 2.62. The molecule has 0 bridgehead atoms. The second-order valence-corrected chi connectivity index (χ2v) is 5.73. The van der Waals surface area contributed by atoms with E-state index >= 15 is 0 Å². The first-order valence-electron chi connectivity index (χ1n) is 5.65. The molecular formula is C12H14N2S2. The van der Waals surface area contributed by atoms with E-state index in [2.05, 4.69) is 27.5 Å². The summed E-state index contributed by atoms with van der Waals surface area (Å²) in [6.45, 7) is 1.13. The SMILES string of the molecule is c1cc(-c2nc(C3CCCCN3)cs2)cs1. The van der Waals surface area contributed by atoms with Crippen LogP contribution in [0.15, 0.2) is 22.2 Å². The Kier molecular flexibility index (Phi) is 3.04. The Morgan fingerprint density at radius 2 is 2.31 bits per heavy atom. The van der Waals surface area contributed by atoms with Crippen LogP contribution in [-0.2, 0) is 0 Å². The lowest BCUT2D eigenvalue weighted by molar-refractivity contribution is 0.407. The topological polar surface area (TPSA) is 24.9 Å². The summed E-state index contributed by atoms with van der Waals surface area (Å²) in [4.78, 5) is 4.74. The van der Waals surface area contributed by atoms with E-state index in [-0.39, 0.29) is 0 Å². The zero-order valence-corrected chi connectivity index (χ0v) is 10.6. The largest absolute Gasteiger partial charge is 0.309 e. The fourth-order valence-electron chi connectivity index (χ4n) is 2.07. The van der Waals surface area contributed by atoms with Gasteiger partial charge in [-0.3, -0.25) is 0 Å². The van der Waals surface area contributed by atoms with Crippen molar-refractivity contribution in [1.82, 2.24) is 10.3 Å². The summed E-state index contributed by atoms with van der Waals surface area (Å²) in [7, 11) is 0. The van der Waals surface area contributed by atoms with Gasteiger partial charge in [0.05, 0.1) is 11.7 Å². The van der Waals surface area contributed by atoms with Crippen LogP contribution < -0.4 is 5.32 Å². The second-order valence-electron chi connectivity index (χ2n) is 4.09. The smallest absolute Gasteiger partial charge is 0.124 e. The lowest BCUT2D eigenvalue weighted by Crippen LogP contribution is -2.26. The molecule has 1 atom stereocenters. The van der Waals surface area contributed by atoms with Crippen molar-refractivity contribution in [2.45, 2.75) is 25.3 Å². The molecule has 3 rings (SSSR count). The first kappa shape index (κ1) is 10.4. The van der Waals surface area contributed by atoms with E-state index in [1.54, 1.807) is 22.7 Å². The molecule has 4 heteroatoms. The predicted molar refractivity (Wildman–Crippen MR) is 70.0 cm³/mol. The second kappa shape index (κ2) is 4.65. The van der Waals surface area contributed by atoms with Crippen LogP contribution in [0.5, 0.6) is 0 Å². The van der Waals surface area contributed by atoms with E-state index in [1.807, 2.05) is 0 Å². The Hall–Kier alpha value is -0.710. The number of hydrogen-bond donors (Lipinski definition) is 1. The molecule has 0 aliphatic carbocycles. The van der Waals surface area contributed by atoms with E-state index in [0.29, 0.717) is 6.04 Å². The van der Waals surface area contributed by atoms with Crippen LogP contribution in [-0.4, -0.2) is 11.5 Å². The van der Waals surface area contributed by atoms with E-state index < -0.39 is 0 Å². The molecule has 1 saturated heterocycles. The number of piperidine rings is 1. The van der Waals surface area contributed by atoms with Gasteiger partial charge in [0.25, 0.3) is 0 Å². The molecule has 1 aliphatic rings. The quantitative estimate of drug-likeness (QED) is 0.879. The minimum atomic E-state index is 0.484. The highest BCUT2D eigenvalue weighted by molar-refractivity contribution is 7.14. The van der Waals surface area contributed by atoms with Crippen molar-refractivity contribution < 1.29 is 0 Å². The van der Waals surface area contributed by atoms with Crippen LogP contribution in [0.3, 0.4) is 0 Å². The highest BCUT2D eigenvalue weighted by atomic mass is 32.1. The summed E-state index contributed by atoms with van der Waals surface area (Å²) in [5.41, 5.74) is 2.49. The fourth-order valence-corrected chi connectivity index (χ4v) is 3.65. The zero-order valence-electron chi connectivity index (χ0n) is 8.98. The molecule has 1 fully saturated rings. The molecule has 0 aromatic carbocycles. The Morgan fingerprint density at radius 3 is 3.06 bits per heavy atom. The van der Waals surface area contributed by atoms with Gasteiger partial charge in [-0.2, -0.15) is 11.3 Å². The van der Waals surface area contributed by atoms with Gasteiger partial charge >= 0.3 is 0 Å². The average Bonchev–Trinajstić information content (AvgIpc) is 3.01. The Balaban J connectivity index is 1.82. The summed E-state index contributed by atoms with van der Waals surface area (Å²) in [5.74, 6) is 0.